The highest BCUT2D eigenvalue weighted by molar-refractivity contribution is 6.05. The summed E-state index contributed by atoms with van der Waals surface area (Å²) in [6, 6.07) is 5.31. The Balaban J connectivity index is 1.54. The summed E-state index contributed by atoms with van der Waals surface area (Å²) in [6.45, 7) is 2.28. The monoisotopic (exact) mass is 439 g/mol. The molecule has 0 fully saturated rings. The molecule has 0 saturated heterocycles. The van der Waals surface area contributed by atoms with Crippen LogP contribution in [0.15, 0.2) is 36.7 Å². The standard InChI is InChI=1S/C23H20F3N5O/c1-12-20-14(22(30(3)28-20)13-9-16(24)19(26)17(25)10-13)6-8-31(12)23(32)15-11-29(2)18-5-4-7-27-21(15)18/h4-5,7,9-12H,6,8H2,1-3H3. The van der Waals surface area contributed by atoms with Crippen molar-refractivity contribution in [3.05, 3.63) is 70.9 Å². The first-order valence-corrected chi connectivity index (χ1v) is 10.2. The third-order valence-corrected chi connectivity index (χ3v) is 6.14. The molecule has 0 spiro atoms. The number of rotatable bonds is 2. The van der Waals surface area contributed by atoms with Crippen molar-refractivity contribution in [1.29, 1.82) is 0 Å². The van der Waals surface area contributed by atoms with Gasteiger partial charge in [0.05, 0.1) is 28.5 Å². The van der Waals surface area contributed by atoms with E-state index in [0.29, 0.717) is 35.4 Å². The third-order valence-electron chi connectivity index (χ3n) is 6.14. The lowest BCUT2D eigenvalue weighted by molar-refractivity contribution is 0.0675. The van der Waals surface area contributed by atoms with Crippen LogP contribution >= 0.6 is 0 Å². The largest absolute Gasteiger partial charge is 0.348 e. The molecule has 0 bridgehead atoms. The lowest BCUT2D eigenvalue weighted by Gasteiger charge is -2.32. The minimum absolute atomic E-state index is 0.154. The Morgan fingerprint density at radius 1 is 1.16 bits per heavy atom. The fraction of sp³-hybridized carbons (Fsp3) is 0.261. The number of aromatic nitrogens is 4. The molecular formula is C23H20F3N5O. The van der Waals surface area contributed by atoms with Gasteiger partial charge in [-0.25, -0.2) is 13.2 Å². The van der Waals surface area contributed by atoms with E-state index < -0.39 is 17.5 Å². The first-order chi connectivity index (χ1) is 15.3. The van der Waals surface area contributed by atoms with E-state index in [9.17, 15) is 18.0 Å². The molecule has 1 aliphatic heterocycles. The van der Waals surface area contributed by atoms with Gasteiger partial charge in [-0.1, -0.05) is 0 Å². The van der Waals surface area contributed by atoms with Crippen LogP contribution in [0.2, 0.25) is 0 Å². The van der Waals surface area contributed by atoms with Crippen LogP contribution in [0.4, 0.5) is 13.2 Å². The molecule has 6 nitrogen and oxygen atoms in total. The number of halogens is 3. The minimum Gasteiger partial charge on any atom is -0.348 e. The minimum atomic E-state index is -1.50. The molecule has 5 rings (SSSR count). The van der Waals surface area contributed by atoms with Crippen LogP contribution in [0.25, 0.3) is 22.3 Å². The van der Waals surface area contributed by atoms with Crippen molar-refractivity contribution in [2.24, 2.45) is 14.1 Å². The maximum Gasteiger partial charge on any atom is 0.258 e. The Hall–Kier alpha value is -3.62. The maximum atomic E-state index is 13.9. The average molecular weight is 439 g/mol. The molecule has 0 N–H and O–H groups in total. The second-order valence-corrected chi connectivity index (χ2v) is 8.04. The van der Waals surface area contributed by atoms with Crippen LogP contribution in [-0.4, -0.2) is 36.7 Å². The zero-order chi connectivity index (χ0) is 22.7. The van der Waals surface area contributed by atoms with E-state index in [-0.39, 0.29) is 17.5 Å². The number of nitrogens with zero attached hydrogens (tertiary/aromatic N) is 5. The topological polar surface area (TPSA) is 56.0 Å². The third kappa shape index (κ3) is 2.91. The number of amides is 1. The molecule has 32 heavy (non-hydrogen) atoms. The highest BCUT2D eigenvalue weighted by atomic mass is 19.2. The molecule has 1 aromatic carbocycles. The van der Waals surface area contributed by atoms with E-state index in [0.717, 1.165) is 23.2 Å². The summed E-state index contributed by atoms with van der Waals surface area (Å²) >= 11 is 0. The predicted octanol–water partition coefficient (Wildman–Crippen LogP) is 4.15. The van der Waals surface area contributed by atoms with Crippen LogP contribution in [0.3, 0.4) is 0 Å². The number of carbonyl (C=O) groups excluding carboxylic acids is 1. The number of fused-ring (bicyclic) bond motifs is 2. The summed E-state index contributed by atoms with van der Waals surface area (Å²) < 4.78 is 44.5. The van der Waals surface area contributed by atoms with Crippen molar-refractivity contribution in [3.63, 3.8) is 0 Å². The van der Waals surface area contributed by atoms with Gasteiger partial charge in [0.2, 0.25) is 0 Å². The molecule has 0 radical (unpaired) electrons. The number of benzene rings is 1. The van der Waals surface area contributed by atoms with Gasteiger partial charge in [0.1, 0.15) is 5.52 Å². The molecule has 3 aromatic heterocycles. The first-order valence-electron chi connectivity index (χ1n) is 10.2. The summed E-state index contributed by atoms with van der Waals surface area (Å²) in [4.78, 5) is 19.5. The number of hydrogen-bond donors (Lipinski definition) is 0. The Bertz CT molecular complexity index is 1370. The van der Waals surface area contributed by atoms with E-state index in [4.69, 9.17) is 0 Å². The molecule has 4 heterocycles. The van der Waals surface area contributed by atoms with Gasteiger partial charge in [0, 0.05) is 44.2 Å². The van der Waals surface area contributed by atoms with Crippen LogP contribution in [0, 0.1) is 17.5 Å². The molecule has 0 saturated carbocycles. The predicted molar refractivity (Wildman–Crippen MR) is 112 cm³/mol. The van der Waals surface area contributed by atoms with Gasteiger partial charge in [-0.15, -0.1) is 0 Å². The van der Waals surface area contributed by atoms with Crippen LogP contribution in [-0.2, 0) is 20.5 Å². The number of carbonyl (C=O) groups is 1. The second kappa shape index (κ2) is 7.22. The molecule has 164 valence electrons. The molecule has 4 aromatic rings. The fourth-order valence-electron chi connectivity index (χ4n) is 4.60. The van der Waals surface area contributed by atoms with Gasteiger partial charge in [-0.05, 0) is 37.6 Å². The molecule has 9 heteroatoms. The Morgan fingerprint density at radius 3 is 2.59 bits per heavy atom. The number of pyridine rings is 1. The van der Waals surface area contributed by atoms with Crippen LogP contribution in [0.5, 0.6) is 0 Å². The van der Waals surface area contributed by atoms with Crippen molar-refractivity contribution in [3.8, 4) is 11.3 Å². The van der Waals surface area contributed by atoms with Gasteiger partial charge in [0.15, 0.2) is 17.5 Å². The lowest BCUT2D eigenvalue weighted by Crippen LogP contribution is -2.38. The Kier molecular flexibility index (Phi) is 4.58. The van der Waals surface area contributed by atoms with Crippen LogP contribution < -0.4 is 0 Å². The maximum absolute atomic E-state index is 13.9. The normalized spacial score (nSPS) is 15.9. The van der Waals surface area contributed by atoms with E-state index >= 15 is 0 Å². The molecule has 1 aliphatic rings. The van der Waals surface area contributed by atoms with Gasteiger partial charge >= 0.3 is 0 Å². The van der Waals surface area contributed by atoms with E-state index in [1.165, 1.54) is 4.68 Å². The lowest BCUT2D eigenvalue weighted by atomic mass is 9.95. The van der Waals surface area contributed by atoms with E-state index in [2.05, 4.69) is 10.1 Å². The summed E-state index contributed by atoms with van der Waals surface area (Å²) in [5.74, 6) is -4.16. The highest BCUT2D eigenvalue weighted by Gasteiger charge is 2.34. The van der Waals surface area contributed by atoms with Crippen molar-refractivity contribution in [2.75, 3.05) is 6.54 Å². The van der Waals surface area contributed by atoms with Crippen LogP contribution in [0.1, 0.15) is 34.6 Å². The second-order valence-electron chi connectivity index (χ2n) is 8.04. The number of aryl methyl sites for hydroxylation is 2. The van der Waals surface area contributed by atoms with Crippen molar-refractivity contribution < 1.29 is 18.0 Å². The summed E-state index contributed by atoms with van der Waals surface area (Å²) in [7, 11) is 3.53. The SMILES string of the molecule is CC1c2nn(C)c(-c3cc(F)c(F)c(F)c3)c2CCN1C(=O)c1cn(C)c2cccnc12. The number of hydrogen-bond acceptors (Lipinski definition) is 3. The van der Waals surface area contributed by atoms with Gasteiger partial charge in [-0.2, -0.15) is 5.10 Å². The molecule has 1 atom stereocenters. The van der Waals surface area contributed by atoms with Crippen molar-refractivity contribution >= 4 is 16.9 Å². The fourth-order valence-corrected chi connectivity index (χ4v) is 4.60. The Labute approximate surface area is 181 Å². The summed E-state index contributed by atoms with van der Waals surface area (Å²) in [5.41, 5.74) is 4.19. The van der Waals surface area contributed by atoms with Gasteiger partial charge < -0.3 is 9.47 Å². The highest BCUT2D eigenvalue weighted by Crippen LogP contribution is 2.37. The zero-order valence-electron chi connectivity index (χ0n) is 17.7. The summed E-state index contributed by atoms with van der Waals surface area (Å²) in [6.07, 6.45) is 3.88. The first kappa shape index (κ1) is 20.3. The zero-order valence-corrected chi connectivity index (χ0v) is 17.7. The molecule has 0 aliphatic carbocycles. The average Bonchev–Trinajstić information content (AvgIpc) is 3.29. The smallest absolute Gasteiger partial charge is 0.258 e. The van der Waals surface area contributed by atoms with Crippen molar-refractivity contribution in [1.82, 2.24) is 24.2 Å². The molecule has 1 amide bonds. The summed E-state index contributed by atoms with van der Waals surface area (Å²) in [5, 5.41) is 4.55. The van der Waals surface area contributed by atoms with Gasteiger partial charge in [0.25, 0.3) is 5.91 Å². The Morgan fingerprint density at radius 2 is 1.88 bits per heavy atom. The van der Waals surface area contributed by atoms with Gasteiger partial charge in [-0.3, -0.25) is 14.5 Å². The molecule has 1 unspecified atom stereocenters. The quantitative estimate of drug-likeness (QED) is 0.441. The van der Waals surface area contributed by atoms with Crippen molar-refractivity contribution in [2.45, 2.75) is 19.4 Å². The van der Waals surface area contributed by atoms with E-state index in [1.54, 1.807) is 24.3 Å². The van der Waals surface area contributed by atoms with E-state index in [1.807, 2.05) is 30.7 Å². The molecular weight excluding hydrogens is 419 g/mol.